The molecule has 1 amide bonds. The lowest BCUT2D eigenvalue weighted by atomic mass is 10.2. The van der Waals surface area contributed by atoms with Crippen LogP contribution in [0.3, 0.4) is 0 Å². The Kier molecular flexibility index (Phi) is 5.99. The summed E-state index contributed by atoms with van der Waals surface area (Å²) in [6.07, 6.45) is 1.26. The summed E-state index contributed by atoms with van der Waals surface area (Å²) in [6.45, 7) is 1.96. The predicted octanol–water partition coefficient (Wildman–Crippen LogP) is 1.06. The molecule has 0 aliphatic carbocycles. The SMILES string of the molecule is CCNS(=O)(=O)CCNC(=O)c1cc(Cl)ncc1Cl. The number of nitrogens with zero attached hydrogens (tertiary/aromatic N) is 1. The number of sulfonamides is 1. The summed E-state index contributed by atoms with van der Waals surface area (Å²) in [5.74, 6) is -0.704. The number of carbonyl (C=O) groups is 1. The topological polar surface area (TPSA) is 88.2 Å². The van der Waals surface area contributed by atoms with Crippen LogP contribution in [0.25, 0.3) is 0 Å². The third-order valence-corrected chi connectivity index (χ3v) is 4.07. The van der Waals surface area contributed by atoms with E-state index in [1.54, 1.807) is 6.92 Å². The van der Waals surface area contributed by atoms with Crippen molar-refractivity contribution in [2.24, 2.45) is 0 Å². The highest BCUT2D eigenvalue weighted by Crippen LogP contribution is 2.17. The molecule has 0 aliphatic rings. The average molecular weight is 326 g/mol. The lowest BCUT2D eigenvalue weighted by Gasteiger charge is -2.07. The van der Waals surface area contributed by atoms with Crippen LogP contribution in [0.4, 0.5) is 0 Å². The molecule has 0 fully saturated rings. The number of nitrogens with one attached hydrogen (secondary N) is 2. The maximum atomic E-state index is 11.8. The van der Waals surface area contributed by atoms with E-state index in [2.05, 4.69) is 15.0 Å². The quantitative estimate of drug-likeness (QED) is 0.765. The van der Waals surface area contributed by atoms with E-state index in [9.17, 15) is 13.2 Å². The van der Waals surface area contributed by atoms with E-state index in [0.717, 1.165) is 0 Å². The molecule has 0 spiro atoms. The van der Waals surface area contributed by atoms with Crippen LogP contribution in [0.15, 0.2) is 12.3 Å². The van der Waals surface area contributed by atoms with Crippen molar-refractivity contribution < 1.29 is 13.2 Å². The summed E-state index contributed by atoms with van der Waals surface area (Å²) in [7, 11) is -3.36. The van der Waals surface area contributed by atoms with Gasteiger partial charge >= 0.3 is 0 Å². The molecule has 0 saturated carbocycles. The third-order valence-electron chi connectivity index (χ3n) is 2.09. The van der Waals surface area contributed by atoms with Gasteiger partial charge in [0.15, 0.2) is 0 Å². The predicted molar refractivity (Wildman–Crippen MR) is 74.1 cm³/mol. The molecule has 1 aromatic heterocycles. The van der Waals surface area contributed by atoms with Crippen molar-refractivity contribution in [3.05, 3.63) is 28.0 Å². The van der Waals surface area contributed by atoms with Gasteiger partial charge in [-0.3, -0.25) is 4.79 Å². The van der Waals surface area contributed by atoms with Crippen LogP contribution < -0.4 is 10.0 Å². The first kappa shape index (κ1) is 16.2. The molecule has 2 N–H and O–H groups in total. The Balaban J connectivity index is 2.59. The van der Waals surface area contributed by atoms with Gasteiger partial charge in [0.05, 0.1) is 16.3 Å². The molecule has 0 unspecified atom stereocenters. The summed E-state index contributed by atoms with van der Waals surface area (Å²) in [6, 6.07) is 1.32. The van der Waals surface area contributed by atoms with Crippen LogP contribution in [0.2, 0.25) is 10.2 Å². The molecule has 0 atom stereocenters. The number of pyridine rings is 1. The largest absolute Gasteiger partial charge is 0.351 e. The molecule has 0 saturated heterocycles. The normalized spacial score (nSPS) is 11.3. The van der Waals surface area contributed by atoms with Crippen LogP contribution >= 0.6 is 23.2 Å². The number of aromatic nitrogens is 1. The molecular weight excluding hydrogens is 313 g/mol. The van der Waals surface area contributed by atoms with Gasteiger partial charge in [0, 0.05) is 19.3 Å². The van der Waals surface area contributed by atoms with E-state index in [4.69, 9.17) is 23.2 Å². The first-order chi connectivity index (χ1) is 8.85. The van der Waals surface area contributed by atoms with E-state index in [1.165, 1.54) is 12.3 Å². The lowest BCUT2D eigenvalue weighted by Crippen LogP contribution is -2.34. The number of rotatable bonds is 6. The number of amides is 1. The van der Waals surface area contributed by atoms with Crippen LogP contribution in [0.5, 0.6) is 0 Å². The van der Waals surface area contributed by atoms with E-state index in [-0.39, 0.29) is 28.0 Å². The molecule has 106 valence electrons. The summed E-state index contributed by atoms with van der Waals surface area (Å²) in [5.41, 5.74) is 0.155. The van der Waals surface area contributed by atoms with Gasteiger partial charge in [-0.2, -0.15) is 0 Å². The molecule has 19 heavy (non-hydrogen) atoms. The van der Waals surface area contributed by atoms with Gasteiger partial charge in [-0.15, -0.1) is 0 Å². The third kappa shape index (κ3) is 5.32. The van der Waals surface area contributed by atoms with Crippen molar-refractivity contribution in [1.82, 2.24) is 15.0 Å². The lowest BCUT2D eigenvalue weighted by molar-refractivity contribution is 0.0956. The second-order valence-electron chi connectivity index (χ2n) is 3.56. The minimum absolute atomic E-state index is 0.0234. The van der Waals surface area contributed by atoms with Crippen molar-refractivity contribution >= 4 is 39.1 Å². The summed E-state index contributed by atoms with van der Waals surface area (Å²) in [4.78, 5) is 15.5. The highest BCUT2D eigenvalue weighted by Gasteiger charge is 2.13. The first-order valence-corrected chi connectivity index (χ1v) is 7.83. The molecule has 0 aromatic carbocycles. The molecule has 1 heterocycles. The van der Waals surface area contributed by atoms with Crippen molar-refractivity contribution in [3.63, 3.8) is 0 Å². The minimum Gasteiger partial charge on any atom is -0.351 e. The van der Waals surface area contributed by atoms with Crippen molar-refractivity contribution in [2.75, 3.05) is 18.8 Å². The van der Waals surface area contributed by atoms with Crippen LogP contribution in [-0.4, -0.2) is 38.2 Å². The molecule has 1 aromatic rings. The Bertz CT molecular complexity index is 563. The zero-order valence-corrected chi connectivity index (χ0v) is 12.4. The van der Waals surface area contributed by atoms with Gasteiger partial charge in [0.1, 0.15) is 5.15 Å². The van der Waals surface area contributed by atoms with Crippen LogP contribution in [0.1, 0.15) is 17.3 Å². The maximum Gasteiger partial charge on any atom is 0.252 e. The van der Waals surface area contributed by atoms with Crippen LogP contribution in [-0.2, 0) is 10.0 Å². The number of carbonyl (C=O) groups excluding carboxylic acids is 1. The summed E-state index contributed by atoms with van der Waals surface area (Å²) in [5, 5.41) is 2.74. The summed E-state index contributed by atoms with van der Waals surface area (Å²) >= 11 is 11.5. The Labute approximate surface area is 121 Å². The number of hydrogen-bond donors (Lipinski definition) is 2. The molecule has 0 radical (unpaired) electrons. The Morgan fingerprint density at radius 2 is 2.11 bits per heavy atom. The second kappa shape index (κ2) is 7.04. The monoisotopic (exact) mass is 325 g/mol. The number of hydrogen-bond acceptors (Lipinski definition) is 4. The standard InChI is InChI=1S/C10H13Cl2N3O3S/c1-2-15-19(17,18)4-3-13-10(16)7-5-9(12)14-6-8(7)11/h5-6,15H,2-4H2,1H3,(H,13,16). The smallest absolute Gasteiger partial charge is 0.252 e. The molecule has 0 bridgehead atoms. The molecular formula is C10H13Cl2N3O3S. The Hall–Kier alpha value is -0.890. The molecule has 6 nitrogen and oxygen atoms in total. The fourth-order valence-electron chi connectivity index (χ4n) is 1.27. The van der Waals surface area contributed by atoms with Gasteiger partial charge in [-0.25, -0.2) is 18.1 Å². The zero-order valence-electron chi connectivity index (χ0n) is 10.1. The van der Waals surface area contributed by atoms with Crippen molar-refractivity contribution in [3.8, 4) is 0 Å². The molecule has 9 heteroatoms. The molecule has 1 rings (SSSR count). The fraction of sp³-hybridized carbons (Fsp3) is 0.400. The van der Waals surface area contributed by atoms with E-state index in [0.29, 0.717) is 6.54 Å². The highest BCUT2D eigenvalue weighted by atomic mass is 35.5. The fourth-order valence-corrected chi connectivity index (χ4v) is 2.58. The van der Waals surface area contributed by atoms with Crippen molar-refractivity contribution in [2.45, 2.75) is 6.92 Å². The van der Waals surface area contributed by atoms with E-state index >= 15 is 0 Å². The Morgan fingerprint density at radius 1 is 1.42 bits per heavy atom. The second-order valence-corrected chi connectivity index (χ2v) is 6.28. The van der Waals surface area contributed by atoms with Gasteiger partial charge in [-0.1, -0.05) is 30.1 Å². The van der Waals surface area contributed by atoms with Crippen LogP contribution in [0, 0.1) is 0 Å². The molecule has 0 aliphatic heterocycles. The first-order valence-electron chi connectivity index (χ1n) is 5.42. The van der Waals surface area contributed by atoms with Gasteiger partial charge in [0.2, 0.25) is 10.0 Å². The average Bonchev–Trinajstić information content (AvgIpc) is 2.31. The van der Waals surface area contributed by atoms with Gasteiger partial charge < -0.3 is 5.32 Å². The van der Waals surface area contributed by atoms with E-state index < -0.39 is 15.9 Å². The number of halogens is 2. The Morgan fingerprint density at radius 3 is 2.74 bits per heavy atom. The van der Waals surface area contributed by atoms with Gasteiger partial charge in [-0.05, 0) is 6.07 Å². The summed E-state index contributed by atoms with van der Waals surface area (Å²) < 4.78 is 25.0. The van der Waals surface area contributed by atoms with Gasteiger partial charge in [0.25, 0.3) is 5.91 Å². The van der Waals surface area contributed by atoms with E-state index in [1.807, 2.05) is 0 Å². The maximum absolute atomic E-state index is 11.8. The minimum atomic E-state index is -3.36. The highest BCUT2D eigenvalue weighted by molar-refractivity contribution is 7.89. The zero-order chi connectivity index (χ0) is 14.5. The van der Waals surface area contributed by atoms with Crippen molar-refractivity contribution in [1.29, 1.82) is 0 Å².